The van der Waals surface area contributed by atoms with E-state index in [4.69, 9.17) is 9.47 Å². The maximum absolute atomic E-state index is 12.6. The molecule has 8 nitrogen and oxygen atoms in total. The van der Waals surface area contributed by atoms with Crippen LogP contribution in [-0.4, -0.2) is 30.1 Å². The van der Waals surface area contributed by atoms with Gasteiger partial charge in [-0.3, -0.25) is 4.79 Å². The zero-order valence-corrected chi connectivity index (χ0v) is 17.4. The molecule has 3 rings (SSSR count). The minimum absolute atomic E-state index is 0.0513. The molecule has 0 saturated heterocycles. The van der Waals surface area contributed by atoms with E-state index in [1.165, 1.54) is 37.5 Å². The average Bonchev–Trinajstić information content (AvgIpc) is 2.83. The van der Waals surface area contributed by atoms with Gasteiger partial charge in [-0.05, 0) is 48.5 Å². The third-order valence-electron chi connectivity index (χ3n) is 4.52. The third kappa shape index (κ3) is 5.62. The van der Waals surface area contributed by atoms with Crippen molar-refractivity contribution in [1.82, 2.24) is 0 Å². The van der Waals surface area contributed by atoms with Gasteiger partial charge in [-0.25, -0.2) is 9.59 Å². The highest BCUT2D eigenvalue weighted by atomic mass is 16.5. The van der Waals surface area contributed by atoms with Crippen molar-refractivity contribution in [2.75, 3.05) is 12.4 Å². The van der Waals surface area contributed by atoms with Crippen LogP contribution in [0.15, 0.2) is 78.4 Å². The summed E-state index contributed by atoms with van der Waals surface area (Å²) in [6, 6.07) is 20.4. The first kappa shape index (κ1) is 22.8. The van der Waals surface area contributed by atoms with Crippen LogP contribution >= 0.6 is 0 Å². The highest BCUT2D eigenvalue weighted by Crippen LogP contribution is 2.24. The fraction of sp³-hybridized carbons (Fsp3) is 0.0400. The number of carbonyl (C=O) groups is 3. The Kier molecular flexibility index (Phi) is 7.19. The van der Waals surface area contributed by atoms with Gasteiger partial charge in [-0.2, -0.15) is 5.26 Å². The van der Waals surface area contributed by atoms with Crippen molar-refractivity contribution in [2.24, 2.45) is 0 Å². The van der Waals surface area contributed by atoms with Crippen LogP contribution in [0.4, 0.5) is 5.69 Å². The Hall–Kier alpha value is -4.90. The molecular weight excluding hydrogens is 424 g/mol. The molecule has 0 saturated carbocycles. The summed E-state index contributed by atoms with van der Waals surface area (Å²) in [5.41, 5.74) is 0.242. The number of nitrogens with zero attached hydrogens (tertiary/aromatic N) is 1. The first-order valence-corrected chi connectivity index (χ1v) is 9.63. The fourth-order valence-corrected chi connectivity index (χ4v) is 2.85. The first-order chi connectivity index (χ1) is 15.9. The largest absolute Gasteiger partial charge is 0.497 e. The number of hydrogen-bond acceptors (Lipinski definition) is 6. The standard InChI is InChI=1S/C25H18N2O6/c1-32-19-12-10-16(11-13-19)25(31)33-22-9-5-2-6-17(22)14-18(15-26)23(28)27-21-8-4-3-7-20(21)24(29)30/h2-14H,1H3,(H,27,28)(H,29,30)/b18-14+. The van der Waals surface area contributed by atoms with Gasteiger partial charge in [0.15, 0.2) is 0 Å². The third-order valence-corrected chi connectivity index (χ3v) is 4.52. The number of nitrogens with one attached hydrogen (secondary N) is 1. The molecule has 8 heteroatoms. The molecule has 3 aromatic rings. The molecule has 0 atom stereocenters. The molecule has 0 spiro atoms. The topological polar surface area (TPSA) is 126 Å². The molecule has 33 heavy (non-hydrogen) atoms. The van der Waals surface area contributed by atoms with E-state index in [1.807, 2.05) is 0 Å². The number of benzene rings is 3. The number of nitriles is 1. The highest BCUT2D eigenvalue weighted by Gasteiger charge is 2.16. The summed E-state index contributed by atoms with van der Waals surface area (Å²) in [6.07, 6.45) is 1.26. The fourth-order valence-electron chi connectivity index (χ4n) is 2.85. The second-order valence-corrected chi connectivity index (χ2v) is 6.63. The number of carboxylic acids is 1. The van der Waals surface area contributed by atoms with Gasteiger partial charge in [0.1, 0.15) is 23.1 Å². The molecule has 164 valence electrons. The maximum Gasteiger partial charge on any atom is 0.343 e. The molecule has 0 aromatic heterocycles. The van der Waals surface area contributed by atoms with Crippen LogP contribution in [-0.2, 0) is 4.79 Å². The number of ether oxygens (including phenoxy) is 2. The Labute approximate surface area is 189 Å². The number of aromatic carboxylic acids is 1. The molecule has 0 fully saturated rings. The Bertz CT molecular complexity index is 1270. The average molecular weight is 442 g/mol. The predicted octanol–water partition coefficient (Wildman–Crippen LogP) is 4.16. The predicted molar refractivity (Wildman–Crippen MR) is 120 cm³/mol. The molecule has 1 amide bonds. The number of carboxylic acid groups (broad SMARTS) is 1. The van der Waals surface area contributed by atoms with Crippen molar-refractivity contribution >= 4 is 29.6 Å². The Morgan fingerprint density at radius 3 is 2.30 bits per heavy atom. The van der Waals surface area contributed by atoms with Crippen LogP contribution < -0.4 is 14.8 Å². The summed E-state index contributed by atoms with van der Waals surface area (Å²) in [5.74, 6) is -1.92. The van der Waals surface area contributed by atoms with E-state index >= 15 is 0 Å². The molecule has 0 heterocycles. The number of rotatable bonds is 7. The van der Waals surface area contributed by atoms with Crippen molar-refractivity contribution < 1.29 is 29.0 Å². The molecule has 2 N–H and O–H groups in total. The number of amides is 1. The first-order valence-electron chi connectivity index (χ1n) is 9.63. The van der Waals surface area contributed by atoms with Crippen LogP contribution in [0.2, 0.25) is 0 Å². The number of esters is 1. The van der Waals surface area contributed by atoms with Crippen LogP contribution in [0.5, 0.6) is 11.5 Å². The van der Waals surface area contributed by atoms with Crippen molar-refractivity contribution in [3.05, 3.63) is 95.1 Å². The number of anilines is 1. The summed E-state index contributed by atoms with van der Waals surface area (Å²) in [7, 11) is 1.51. The molecule has 0 bridgehead atoms. The smallest absolute Gasteiger partial charge is 0.343 e. The second-order valence-electron chi connectivity index (χ2n) is 6.63. The molecule has 0 aliphatic rings. The minimum Gasteiger partial charge on any atom is -0.497 e. The van der Waals surface area contributed by atoms with Gasteiger partial charge in [-0.1, -0.05) is 30.3 Å². The summed E-state index contributed by atoms with van der Waals surface area (Å²) in [6.45, 7) is 0. The Morgan fingerprint density at radius 1 is 0.970 bits per heavy atom. The Morgan fingerprint density at radius 2 is 1.64 bits per heavy atom. The summed E-state index contributed by atoms with van der Waals surface area (Å²) >= 11 is 0. The van der Waals surface area contributed by atoms with Gasteiger partial charge in [0.2, 0.25) is 0 Å². The van der Waals surface area contributed by atoms with Crippen LogP contribution in [0, 0.1) is 11.3 Å². The lowest BCUT2D eigenvalue weighted by Gasteiger charge is -2.10. The minimum atomic E-state index is -1.22. The van der Waals surface area contributed by atoms with E-state index in [0.717, 1.165) is 0 Å². The van der Waals surface area contributed by atoms with Crippen molar-refractivity contribution in [3.8, 4) is 17.6 Å². The Balaban J connectivity index is 1.84. The molecule has 0 aliphatic carbocycles. The van der Waals surface area contributed by atoms with Crippen molar-refractivity contribution in [2.45, 2.75) is 0 Å². The van der Waals surface area contributed by atoms with Crippen LogP contribution in [0.3, 0.4) is 0 Å². The van der Waals surface area contributed by atoms with E-state index in [1.54, 1.807) is 54.6 Å². The van der Waals surface area contributed by atoms with Gasteiger partial charge in [-0.15, -0.1) is 0 Å². The SMILES string of the molecule is COc1ccc(C(=O)Oc2ccccc2/C=C(\C#N)C(=O)Nc2ccccc2C(=O)O)cc1. The van der Waals surface area contributed by atoms with E-state index in [0.29, 0.717) is 11.3 Å². The van der Waals surface area contributed by atoms with Crippen LogP contribution in [0.25, 0.3) is 6.08 Å². The van der Waals surface area contributed by atoms with Crippen LogP contribution in [0.1, 0.15) is 26.3 Å². The number of para-hydroxylation sites is 2. The van der Waals surface area contributed by atoms with Crippen molar-refractivity contribution in [1.29, 1.82) is 5.26 Å². The van der Waals surface area contributed by atoms with Gasteiger partial charge < -0.3 is 19.9 Å². The van der Waals surface area contributed by atoms with E-state index in [9.17, 15) is 24.8 Å². The molecular formula is C25H18N2O6. The lowest BCUT2D eigenvalue weighted by molar-refractivity contribution is -0.112. The normalized spacial score (nSPS) is 10.6. The lowest BCUT2D eigenvalue weighted by Crippen LogP contribution is -2.16. The van der Waals surface area contributed by atoms with Crippen molar-refractivity contribution in [3.63, 3.8) is 0 Å². The monoisotopic (exact) mass is 442 g/mol. The van der Waals surface area contributed by atoms with Gasteiger partial charge in [0, 0.05) is 5.56 Å². The zero-order chi connectivity index (χ0) is 23.8. The molecule has 0 radical (unpaired) electrons. The lowest BCUT2D eigenvalue weighted by atomic mass is 10.1. The second kappa shape index (κ2) is 10.4. The molecule has 3 aromatic carbocycles. The van der Waals surface area contributed by atoms with Gasteiger partial charge in [0.25, 0.3) is 5.91 Å². The van der Waals surface area contributed by atoms with E-state index in [2.05, 4.69) is 5.32 Å². The number of carbonyl (C=O) groups excluding carboxylic acids is 2. The molecule has 0 unspecified atom stereocenters. The quantitative estimate of drug-likeness (QED) is 0.244. The highest BCUT2D eigenvalue weighted by molar-refractivity contribution is 6.12. The number of methoxy groups -OCH3 is 1. The number of hydrogen-bond donors (Lipinski definition) is 2. The summed E-state index contributed by atoms with van der Waals surface area (Å²) < 4.78 is 10.5. The van der Waals surface area contributed by atoms with E-state index < -0.39 is 17.8 Å². The summed E-state index contributed by atoms with van der Waals surface area (Å²) in [4.78, 5) is 36.5. The van der Waals surface area contributed by atoms with E-state index in [-0.39, 0.29) is 28.1 Å². The zero-order valence-electron chi connectivity index (χ0n) is 17.4. The summed E-state index contributed by atoms with van der Waals surface area (Å²) in [5, 5.41) is 21.2. The molecule has 0 aliphatic heterocycles. The maximum atomic E-state index is 12.6. The van der Waals surface area contributed by atoms with Gasteiger partial charge in [0.05, 0.1) is 23.9 Å². The van der Waals surface area contributed by atoms with Gasteiger partial charge >= 0.3 is 11.9 Å².